The molecule has 2 unspecified atom stereocenters. The molecule has 2 aromatic carbocycles. The van der Waals surface area contributed by atoms with Crippen LogP contribution < -0.4 is 4.90 Å². The van der Waals surface area contributed by atoms with Gasteiger partial charge in [-0.1, -0.05) is 69.7 Å². The summed E-state index contributed by atoms with van der Waals surface area (Å²) >= 11 is 0. The number of benzene rings is 2. The lowest BCUT2D eigenvalue weighted by molar-refractivity contribution is -0.433. The standard InChI is InChI=1S/C34H44N3O/c1-8-11-20-35-31-23(21-29-33(4,5)25-16-12-14-18-27(25)36(29)9-2)32(38)24(31)22-30-34(6,7)26-17-13-15-19-28(26)37(30)10-3/h12-19,21-23,32,38H,8-11,20H2,1-7H3/q+1/b24-22?,29-21-,35-31?. The monoisotopic (exact) mass is 510 g/mol. The lowest BCUT2D eigenvalue weighted by Gasteiger charge is -2.38. The molecule has 0 bridgehead atoms. The number of anilines is 1. The van der Waals surface area contributed by atoms with Gasteiger partial charge in [0.05, 0.1) is 23.1 Å². The highest BCUT2D eigenvalue weighted by Crippen LogP contribution is 2.49. The third-order valence-corrected chi connectivity index (χ3v) is 8.92. The number of hydrogen-bond donors (Lipinski definition) is 1. The first-order valence-electron chi connectivity index (χ1n) is 14.5. The van der Waals surface area contributed by atoms with Crippen molar-refractivity contribution < 1.29 is 9.68 Å². The molecule has 4 heteroatoms. The minimum Gasteiger partial charge on any atom is -0.387 e. The predicted octanol–water partition coefficient (Wildman–Crippen LogP) is 6.94. The molecule has 2 aliphatic heterocycles. The Morgan fingerprint density at radius 2 is 1.63 bits per heavy atom. The molecule has 200 valence electrons. The lowest BCUT2D eigenvalue weighted by atomic mass is 9.70. The summed E-state index contributed by atoms with van der Waals surface area (Å²) in [6.07, 6.45) is 6.17. The Bertz CT molecular complexity index is 1360. The van der Waals surface area contributed by atoms with E-state index in [-0.39, 0.29) is 16.7 Å². The molecular weight excluding hydrogens is 466 g/mol. The van der Waals surface area contributed by atoms with Crippen molar-refractivity contribution in [3.8, 4) is 0 Å². The van der Waals surface area contributed by atoms with E-state index in [9.17, 15) is 5.11 Å². The van der Waals surface area contributed by atoms with Crippen LogP contribution in [0.25, 0.3) is 0 Å². The van der Waals surface area contributed by atoms with Gasteiger partial charge in [-0.25, -0.2) is 0 Å². The summed E-state index contributed by atoms with van der Waals surface area (Å²) in [7, 11) is 0. The third-order valence-electron chi connectivity index (χ3n) is 8.92. The van der Waals surface area contributed by atoms with Crippen LogP contribution in [0.4, 0.5) is 11.4 Å². The van der Waals surface area contributed by atoms with Crippen molar-refractivity contribution in [2.45, 2.75) is 78.2 Å². The molecule has 0 spiro atoms. The summed E-state index contributed by atoms with van der Waals surface area (Å²) in [6.45, 7) is 18.4. The van der Waals surface area contributed by atoms with Gasteiger partial charge in [0.1, 0.15) is 6.54 Å². The van der Waals surface area contributed by atoms with Gasteiger partial charge in [-0.2, -0.15) is 4.58 Å². The first-order valence-corrected chi connectivity index (χ1v) is 14.5. The highest BCUT2D eigenvalue weighted by Gasteiger charge is 2.49. The highest BCUT2D eigenvalue weighted by atomic mass is 16.3. The minimum atomic E-state index is -0.563. The number of aliphatic hydroxyl groups excluding tert-OH is 1. The van der Waals surface area contributed by atoms with E-state index in [1.165, 1.54) is 33.9 Å². The zero-order chi connectivity index (χ0) is 27.2. The highest BCUT2D eigenvalue weighted by molar-refractivity contribution is 6.16. The summed E-state index contributed by atoms with van der Waals surface area (Å²) in [6, 6.07) is 17.4. The number of rotatable bonds is 7. The average molecular weight is 511 g/mol. The molecule has 1 aliphatic carbocycles. The van der Waals surface area contributed by atoms with Crippen molar-refractivity contribution in [2.75, 3.05) is 24.5 Å². The van der Waals surface area contributed by atoms with Crippen LogP contribution in [0, 0.1) is 5.92 Å². The van der Waals surface area contributed by atoms with Crippen molar-refractivity contribution in [2.24, 2.45) is 10.9 Å². The second kappa shape index (κ2) is 9.96. The van der Waals surface area contributed by atoms with E-state index < -0.39 is 6.10 Å². The van der Waals surface area contributed by atoms with Gasteiger partial charge in [-0.3, -0.25) is 4.99 Å². The molecule has 2 aromatic rings. The average Bonchev–Trinajstić information content (AvgIpc) is 3.27. The Labute approximate surface area is 229 Å². The van der Waals surface area contributed by atoms with Crippen LogP contribution in [0.1, 0.15) is 72.4 Å². The molecule has 1 fully saturated rings. The topological polar surface area (TPSA) is 38.8 Å². The Morgan fingerprint density at radius 1 is 0.947 bits per heavy atom. The number of para-hydroxylation sites is 2. The van der Waals surface area contributed by atoms with Gasteiger partial charge in [0.2, 0.25) is 5.69 Å². The zero-order valence-corrected chi connectivity index (χ0v) is 24.3. The summed E-state index contributed by atoms with van der Waals surface area (Å²) in [4.78, 5) is 7.52. The molecule has 2 atom stereocenters. The van der Waals surface area contributed by atoms with Gasteiger partial charge in [-0.15, -0.1) is 0 Å². The quantitative estimate of drug-likeness (QED) is 0.324. The van der Waals surface area contributed by atoms with Crippen molar-refractivity contribution in [3.63, 3.8) is 0 Å². The number of allylic oxidation sites excluding steroid dienone is 2. The van der Waals surface area contributed by atoms with Crippen LogP contribution in [-0.4, -0.2) is 46.8 Å². The first-order chi connectivity index (χ1) is 18.2. The Balaban J connectivity index is 1.57. The van der Waals surface area contributed by atoms with Gasteiger partial charge >= 0.3 is 0 Å². The molecule has 5 rings (SSSR count). The number of nitrogens with zero attached hydrogens (tertiary/aromatic N) is 3. The van der Waals surface area contributed by atoms with Crippen molar-refractivity contribution in [1.29, 1.82) is 0 Å². The van der Waals surface area contributed by atoms with Crippen LogP contribution in [0.15, 0.2) is 76.9 Å². The van der Waals surface area contributed by atoms with Crippen LogP contribution >= 0.6 is 0 Å². The van der Waals surface area contributed by atoms with Crippen molar-refractivity contribution in [1.82, 2.24) is 0 Å². The minimum absolute atomic E-state index is 0.0988. The van der Waals surface area contributed by atoms with Crippen LogP contribution in [-0.2, 0) is 10.8 Å². The van der Waals surface area contributed by atoms with Gasteiger partial charge in [0.25, 0.3) is 0 Å². The van der Waals surface area contributed by atoms with E-state index >= 15 is 0 Å². The number of hydrogen-bond acceptors (Lipinski definition) is 3. The van der Waals surface area contributed by atoms with Crippen molar-refractivity contribution >= 4 is 22.8 Å². The molecule has 1 saturated carbocycles. The Morgan fingerprint density at radius 3 is 2.32 bits per heavy atom. The van der Waals surface area contributed by atoms with E-state index in [0.29, 0.717) is 0 Å². The molecule has 0 saturated heterocycles. The summed E-state index contributed by atoms with van der Waals surface area (Å²) in [5, 5.41) is 11.7. The molecule has 4 nitrogen and oxygen atoms in total. The third kappa shape index (κ3) is 4.00. The van der Waals surface area contributed by atoms with Crippen LogP contribution in [0.3, 0.4) is 0 Å². The smallest absolute Gasteiger partial charge is 0.209 e. The fourth-order valence-corrected chi connectivity index (χ4v) is 6.72. The van der Waals surface area contributed by atoms with Gasteiger partial charge in [0, 0.05) is 53.2 Å². The van der Waals surface area contributed by atoms with E-state index in [0.717, 1.165) is 43.8 Å². The maximum Gasteiger partial charge on any atom is 0.209 e. The molecule has 2 heterocycles. The molecule has 38 heavy (non-hydrogen) atoms. The number of fused-ring (bicyclic) bond motifs is 2. The van der Waals surface area contributed by atoms with Gasteiger partial charge in [0.15, 0.2) is 5.71 Å². The summed E-state index contributed by atoms with van der Waals surface area (Å²) in [5.41, 5.74) is 9.53. The number of aliphatic hydroxyl groups is 1. The van der Waals surface area contributed by atoms with E-state index in [2.05, 4.69) is 119 Å². The molecule has 3 aliphatic rings. The predicted molar refractivity (Wildman–Crippen MR) is 160 cm³/mol. The summed E-state index contributed by atoms with van der Waals surface area (Å²) in [5.74, 6) is -0.0988. The van der Waals surface area contributed by atoms with E-state index in [1.54, 1.807) is 0 Å². The number of unbranched alkanes of at least 4 members (excludes halogenated alkanes) is 1. The first kappa shape index (κ1) is 26.6. The zero-order valence-electron chi connectivity index (χ0n) is 24.3. The molecule has 0 radical (unpaired) electrons. The van der Waals surface area contributed by atoms with E-state index in [4.69, 9.17) is 4.99 Å². The van der Waals surface area contributed by atoms with Crippen molar-refractivity contribution in [3.05, 3.63) is 83.1 Å². The lowest BCUT2D eigenvalue weighted by Crippen LogP contribution is -2.46. The van der Waals surface area contributed by atoms with E-state index in [1.807, 2.05) is 0 Å². The SMILES string of the molecule is CCCCN=C1C(=CC2=[N+](CC)c3ccccc3C2(C)C)C(O)C1/C=C1\N(CC)c2ccccc2C1(C)C. The maximum atomic E-state index is 11.7. The number of likely N-dealkylation sites (N-methyl/N-ethyl adjacent to an activating group) is 1. The maximum absolute atomic E-state index is 11.7. The fraction of sp³-hybridized carbons (Fsp3) is 0.471. The summed E-state index contributed by atoms with van der Waals surface area (Å²) < 4.78 is 2.40. The Hall–Kier alpha value is -2.98. The fourth-order valence-electron chi connectivity index (χ4n) is 6.72. The normalized spacial score (nSPS) is 26.3. The second-order valence-corrected chi connectivity index (χ2v) is 11.9. The molecule has 0 amide bonds. The van der Waals surface area contributed by atoms with Gasteiger partial charge < -0.3 is 10.0 Å². The Kier molecular flexibility index (Phi) is 6.98. The second-order valence-electron chi connectivity index (χ2n) is 11.9. The number of aliphatic imine (C=N–C) groups is 1. The van der Waals surface area contributed by atoms with Crippen LogP contribution in [0.5, 0.6) is 0 Å². The molecular formula is C34H44N3O+. The molecule has 0 aromatic heterocycles. The van der Waals surface area contributed by atoms with Gasteiger partial charge in [-0.05, 0) is 45.7 Å². The van der Waals surface area contributed by atoms with Crippen LogP contribution in [0.2, 0.25) is 0 Å². The molecule has 1 N–H and O–H groups in total. The largest absolute Gasteiger partial charge is 0.387 e.